The third-order valence-corrected chi connectivity index (χ3v) is 7.81. The van der Waals surface area contributed by atoms with Gasteiger partial charge in [-0.3, -0.25) is 24.3 Å². The van der Waals surface area contributed by atoms with Crippen LogP contribution in [0.2, 0.25) is 0 Å². The Morgan fingerprint density at radius 2 is 2.12 bits per heavy atom. The highest BCUT2D eigenvalue weighted by Gasteiger charge is 2.22. The number of thioether (sulfide) groups is 1. The van der Waals surface area contributed by atoms with E-state index in [0.29, 0.717) is 23.3 Å². The fraction of sp³-hybridized carbons (Fsp3) is 0.435. The van der Waals surface area contributed by atoms with Crippen LogP contribution in [0.25, 0.3) is 10.2 Å². The van der Waals surface area contributed by atoms with Gasteiger partial charge in [0.1, 0.15) is 4.83 Å². The summed E-state index contributed by atoms with van der Waals surface area (Å²) in [6.45, 7) is 4.78. The van der Waals surface area contributed by atoms with Crippen molar-refractivity contribution in [3.05, 3.63) is 55.2 Å². The Hall–Kier alpha value is -2.72. The molecule has 0 unspecified atom stereocenters. The molecule has 1 N–H and O–H groups in total. The number of nitrogens with one attached hydrogen (secondary N) is 1. The Morgan fingerprint density at radius 3 is 2.88 bits per heavy atom. The molecule has 1 aromatic carbocycles. The molecule has 10 heteroatoms. The van der Waals surface area contributed by atoms with Gasteiger partial charge in [0.05, 0.1) is 16.1 Å². The fourth-order valence-electron chi connectivity index (χ4n) is 3.94. The maximum atomic E-state index is 13.5. The molecule has 8 nitrogen and oxygen atoms in total. The van der Waals surface area contributed by atoms with Crippen molar-refractivity contribution in [2.24, 2.45) is 5.92 Å². The lowest BCUT2D eigenvalue weighted by atomic mass is 9.97. The second-order valence-corrected chi connectivity index (χ2v) is 10.6. The number of hydrogen-bond acceptors (Lipinski definition) is 7. The normalized spacial score (nSPS) is 13.3. The van der Waals surface area contributed by atoms with Crippen molar-refractivity contribution < 1.29 is 9.72 Å². The Morgan fingerprint density at radius 1 is 1.33 bits per heavy atom. The number of aromatic nitrogens is 2. The summed E-state index contributed by atoms with van der Waals surface area (Å²) in [5.41, 5.74) is 1.43. The van der Waals surface area contributed by atoms with E-state index in [2.05, 4.69) is 19.2 Å². The molecular formula is C23H26N4O4S2. The SMILES string of the molecule is CC(C)CCn1c(SCC(=O)Nc2cccc([N+](=O)[O-])c2)nc2sc3c(c2c1=O)CCCC3. The highest BCUT2D eigenvalue weighted by Crippen LogP contribution is 2.34. The van der Waals surface area contributed by atoms with E-state index in [1.54, 1.807) is 22.0 Å². The Kier molecular flexibility index (Phi) is 7.14. The molecule has 2 heterocycles. The van der Waals surface area contributed by atoms with E-state index in [1.807, 2.05) is 0 Å². The zero-order valence-electron chi connectivity index (χ0n) is 18.6. The minimum atomic E-state index is -0.502. The molecule has 4 rings (SSSR count). The standard InChI is InChI=1S/C23H26N4O4S2/c1-14(2)10-11-26-22(29)20-17-8-3-4-9-18(17)33-21(20)25-23(26)32-13-19(28)24-15-6-5-7-16(12-15)27(30)31/h5-7,12,14H,3-4,8-11,13H2,1-2H3,(H,24,28). The first-order valence-electron chi connectivity index (χ1n) is 11.1. The van der Waals surface area contributed by atoms with Crippen molar-refractivity contribution >= 4 is 50.6 Å². The molecule has 0 atom stereocenters. The highest BCUT2D eigenvalue weighted by atomic mass is 32.2. The van der Waals surface area contributed by atoms with Gasteiger partial charge >= 0.3 is 0 Å². The van der Waals surface area contributed by atoms with E-state index < -0.39 is 4.92 Å². The minimum absolute atomic E-state index is 0.0124. The van der Waals surface area contributed by atoms with Crippen LogP contribution in [0.1, 0.15) is 43.6 Å². The van der Waals surface area contributed by atoms with E-state index in [4.69, 9.17) is 4.98 Å². The van der Waals surface area contributed by atoms with Crippen molar-refractivity contribution in [3.63, 3.8) is 0 Å². The Bertz CT molecular complexity index is 1270. The number of aryl methyl sites for hydroxylation is 2. The molecule has 33 heavy (non-hydrogen) atoms. The van der Waals surface area contributed by atoms with E-state index in [-0.39, 0.29) is 22.9 Å². The first kappa shape index (κ1) is 23.4. The summed E-state index contributed by atoms with van der Waals surface area (Å²) in [5, 5.41) is 14.9. The summed E-state index contributed by atoms with van der Waals surface area (Å²) < 4.78 is 1.72. The number of nitro benzene ring substituents is 1. The summed E-state index contributed by atoms with van der Waals surface area (Å²) in [7, 11) is 0. The van der Waals surface area contributed by atoms with E-state index in [9.17, 15) is 19.7 Å². The third-order valence-electron chi connectivity index (χ3n) is 5.64. The van der Waals surface area contributed by atoms with Crippen molar-refractivity contribution in [3.8, 4) is 0 Å². The number of thiophene rings is 1. The highest BCUT2D eigenvalue weighted by molar-refractivity contribution is 7.99. The molecule has 3 aromatic rings. The summed E-state index contributed by atoms with van der Waals surface area (Å²) in [6.07, 6.45) is 5.00. The zero-order valence-corrected chi connectivity index (χ0v) is 20.3. The average Bonchev–Trinajstić information content (AvgIpc) is 3.15. The summed E-state index contributed by atoms with van der Waals surface area (Å²) in [6, 6.07) is 5.83. The second kappa shape index (κ2) is 10.0. The van der Waals surface area contributed by atoms with E-state index in [1.165, 1.54) is 34.8 Å². The van der Waals surface area contributed by atoms with Crippen LogP contribution in [0.3, 0.4) is 0 Å². The van der Waals surface area contributed by atoms with E-state index in [0.717, 1.165) is 47.9 Å². The van der Waals surface area contributed by atoms with Gasteiger partial charge in [0.2, 0.25) is 5.91 Å². The molecule has 174 valence electrons. The Labute approximate surface area is 199 Å². The number of rotatable bonds is 8. The van der Waals surface area contributed by atoms with Crippen LogP contribution in [0.4, 0.5) is 11.4 Å². The largest absolute Gasteiger partial charge is 0.325 e. The maximum Gasteiger partial charge on any atom is 0.271 e. The number of non-ortho nitro benzene ring substituents is 1. The minimum Gasteiger partial charge on any atom is -0.325 e. The van der Waals surface area contributed by atoms with Gasteiger partial charge in [0, 0.05) is 29.2 Å². The number of anilines is 1. The first-order valence-corrected chi connectivity index (χ1v) is 12.9. The molecule has 0 radical (unpaired) electrons. The predicted octanol–water partition coefficient (Wildman–Crippen LogP) is 5.02. The summed E-state index contributed by atoms with van der Waals surface area (Å²) in [5.74, 6) is 0.169. The number of carbonyl (C=O) groups excluding carboxylic acids is 1. The molecule has 0 bridgehead atoms. The lowest BCUT2D eigenvalue weighted by Crippen LogP contribution is -2.25. The van der Waals surface area contributed by atoms with Crippen molar-refractivity contribution in [1.29, 1.82) is 0 Å². The number of amides is 1. The molecular weight excluding hydrogens is 460 g/mol. The molecule has 1 amide bonds. The van der Waals surface area contributed by atoms with Crippen molar-refractivity contribution in [2.75, 3.05) is 11.1 Å². The van der Waals surface area contributed by atoms with Crippen LogP contribution >= 0.6 is 23.1 Å². The van der Waals surface area contributed by atoms with Gasteiger partial charge in [0.15, 0.2) is 5.16 Å². The second-order valence-electron chi connectivity index (χ2n) is 8.57. The molecule has 1 aliphatic rings. The molecule has 0 fully saturated rings. The first-order chi connectivity index (χ1) is 15.8. The van der Waals surface area contributed by atoms with Gasteiger partial charge in [0.25, 0.3) is 11.2 Å². The molecule has 0 saturated carbocycles. The van der Waals surface area contributed by atoms with Gasteiger partial charge < -0.3 is 5.32 Å². The summed E-state index contributed by atoms with van der Waals surface area (Å²) >= 11 is 2.82. The molecule has 0 spiro atoms. The van der Waals surface area contributed by atoms with Crippen molar-refractivity contribution in [2.45, 2.75) is 57.7 Å². The smallest absolute Gasteiger partial charge is 0.271 e. The van der Waals surface area contributed by atoms with Gasteiger partial charge in [-0.15, -0.1) is 11.3 Å². The van der Waals surface area contributed by atoms with Crippen LogP contribution in [0.5, 0.6) is 0 Å². The number of fused-ring (bicyclic) bond motifs is 3. The van der Waals surface area contributed by atoms with Crippen LogP contribution in [0, 0.1) is 16.0 Å². The maximum absolute atomic E-state index is 13.5. The van der Waals surface area contributed by atoms with E-state index >= 15 is 0 Å². The lowest BCUT2D eigenvalue weighted by molar-refractivity contribution is -0.384. The van der Waals surface area contributed by atoms with Gasteiger partial charge in [-0.2, -0.15) is 0 Å². The number of nitro groups is 1. The Balaban J connectivity index is 1.58. The van der Waals surface area contributed by atoms with Crippen LogP contribution in [0.15, 0.2) is 34.2 Å². The van der Waals surface area contributed by atoms with Crippen LogP contribution in [-0.2, 0) is 24.2 Å². The molecule has 0 aliphatic heterocycles. The number of carbonyl (C=O) groups is 1. The zero-order chi connectivity index (χ0) is 23.5. The number of benzene rings is 1. The topological polar surface area (TPSA) is 107 Å². The molecule has 2 aromatic heterocycles. The van der Waals surface area contributed by atoms with Crippen molar-refractivity contribution in [1.82, 2.24) is 9.55 Å². The third kappa shape index (κ3) is 5.27. The molecule has 1 aliphatic carbocycles. The number of nitrogens with zero attached hydrogens (tertiary/aromatic N) is 3. The fourth-order valence-corrected chi connectivity index (χ4v) is 6.07. The van der Waals surface area contributed by atoms with Gasteiger partial charge in [-0.05, 0) is 49.7 Å². The quantitative estimate of drug-likeness (QED) is 0.207. The monoisotopic (exact) mass is 486 g/mol. The average molecular weight is 487 g/mol. The lowest BCUT2D eigenvalue weighted by Gasteiger charge is -2.14. The van der Waals surface area contributed by atoms with Gasteiger partial charge in [-0.1, -0.05) is 31.7 Å². The number of hydrogen-bond donors (Lipinski definition) is 1. The summed E-state index contributed by atoms with van der Waals surface area (Å²) in [4.78, 5) is 43.3. The van der Waals surface area contributed by atoms with Gasteiger partial charge in [-0.25, -0.2) is 4.98 Å². The predicted molar refractivity (Wildman–Crippen MR) is 132 cm³/mol. The van der Waals surface area contributed by atoms with Crippen LogP contribution in [-0.4, -0.2) is 26.1 Å². The molecule has 0 saturated heterocycles. The van der Waals surface area contributed by atoms with Crippen LogP contribution < -0.4 is 10.9 Å².